The number of amides is 2. The van der Waals surface area contributed by atoms with Crippen LogP contribution in [-0.4, -0.2) is 73.0 Å². The number of hydrogen-bond donors (Lipinski definition) is 2. The molecule has 0 spiro atoms. The van der Waals surface area contributed by atoms with Gasteiger partial charge in [0, 0.05) is 57.0 Å². The molecule has 5 heterocycles. The van der Waals surface area contributed by atoms with E-state index in [4.69, 9.17) is 9.72 Å². The fourth-order valence-corrected chi connectivity index (χ4v) is 6.74. The lowest BCUT2D eigenvalue weighted by molar-refractivity contribution is -0.183. The minimum Gasteiger partial charge on any atom is -0.381 e. The van der Waals surface area contributed by atoms with Gasteiger partial charge in [0.25, 0.3) is 11.7 Å². The number of aryl methyl sites for hydroxylation is 1. The van der Waals surface area contributed by atoms with Gasteiger partial charge < -0.3 is 15.4 Å². The Morgan fingerprint density at radius 1 is 1.27 bits per heavy atom. The van der Waals surface area contributed by atoms with E-state index in [1.807, 2.05) is 6.92 Å². The minimum atomic E-state index is -4.45. The molecule has 2 saturated heterocycles. The molecule has 2 amide bonds. The highest BCUT2D eigenvalue weighted by atomic mass is 19.4. The number of carbonyl (C=O) groups is 2. The molecule has 2 N–H and O–H groups in total. The lowest BCUT2D eigenvalue weighted by Crippen LogP contribution is -2.47. The van der Waals surface area contributed by atoms with Crippen molar-refractivity contribution < 1.29 is 36.3 Å². The Labute approximate surface area is 255 Å². The first-order valence-electron chi connectivity index (χ1n) is 15.3. The molecule has 16 heteroatoms. The highest BCUT2D eigenvalue weighted by molar-refractivity contribution is 5.92. The number of imidazole rings is 1. The van der Waals surface area contributed by atoms with Crippen LogP contribution in [0.5, 0.6) is 0 Å². The Morgan fingerprint density at radius 3 is 2.80 bits per heavy atom. The molecule has 5 atom stereocenters. The largest absolute Gasteiger partial charge is 0.393 e. The van der Waals surface area contributed by atoms with Crippen LogP contribution in [0.1, 0.15) is 85.0 Å². The third-order valence-electron chi connectivity index (χ3n) is 9.12. The molecule has 2 aliphatic heterocycles. The highest BCUT2D eigenvalue weighted by Crippen LogP contribution is 2.42. The average molecular weight is 639 g/mol. The minimum absolute atomic E-state index is 0.0727. The van der Waals surface area contributed by atoms with Gasteiger partial charge in [0.1, 0.15) is 5.69 Å². The number of hydrogen-bond acceptors (Lipinski definition) is 7. The molecule has 6 rings (SSSR count). The summed E-state index contributed by atoms with van der Waals surface area (Å²) in [6.45, 7) is 2.59. The van der Waals surface area contributed by atoms with E-state index < -0.39 is 60.7 Å². The van der Waals surface area contributed by atoms with E-state index in [-0.39, 0.29) is 48.8 Å². The molecule has 1 saturated carbocycles. The maximum absolute atomic E-state index is 14.6. The molecular weight excluding hydrogens is 603 g/mol. The van der Waals surface area contributed by atoms with Crippen molar-refractivity contribution in [2.45, 2.75) is 82.5 Å². The van der Waals surface area contributed by atoms with Gasteiger partial charge in [-0.15, -0.1) is 0 Å². The molecule has 3 aromatic heterocycles. The van der Waals surface area contributed by atoms with Crippen LogP contribution in [0, 0.1) is 17.8 Å². The van der Waals surface area contributed by atoms with Crippen molar-refractivity contribution >= 4 is 17.6 Å². The quantitative estimate of drug-likeness (QED) is 0.357. The monoisotopic (exact) mass is 638 g/mol. The molecule has 3 aromatic rings. The first-order chi connectivity index (χ1) is 21.4. The summed E-state index contributed by atoms with van der Waals surface area (Å²) in [5.74, 6) is -7.19. The number of nitrogens with zero attached hydrogens (tertiary/aromatic N) is 6. The number of rotatable bonds is 8. The normalized spacial score (nSPS) is 26.1. The predicted octanol–water partition coefficient (Wildman–Crippen LogP) is 4.00. The predicted molar refractivity (Wildman–Crippen MR) is 148 cm³/mol. The van der Waals surface area contributed by atoms with Gasteiger partial charge in [-0.1, -0.05) is 0 Å². The molecule has 0 radical (unpaired) electrons. The van der Waals surface area contributed by atoms with Crippen molar-refractivity contribution in [3.05, 3.63) is 41.2 Å². The van der Waals surface area contributed by atoms with Gasteiger partial charge in [0.05, 0.1) is 41.8 Å². The second-order valence-corrected chi connectivity index (χ2v) is 12.2. The smallest absolute Gasteiger partial charge is 0.381 e. The fourth-order valence-electron chi connectivity index (χ4n) is 6.74. The second-order valence-electron chi connectivity index (χ2n) is 12.2. The number of piperidine rings is 1. The Kier molecular flexibility index (Phi) is 8.52. The third-order valence-corrected chi connectivity index (χ3v) is 9.12. The van der Waals surface area contributed by atoms with E-state index in [9.17, 15) is 31.5 Å². The van der Waals surface area contributed by atoms with Crippen LogP contribution in [0.4, 0.5) is 22.0 Å². The maximum atomic E-state index is 14.6. The molecule has 1 aliphatic carbocycles. The zero-order chi connectivity index (χ0) is 31.9. The number of halogens is 5. The third kappa shape index (κ3) is 6.65. The number of nitrogens with one attached hydrogen (secondary N) is 2. The zero-order valence-electron chi connectivity index (χ0n) is 24.7. The van der Waals surface area contributed by atoms with Crippen molar-refractivity contribution in [1.82, 2.24) is 40.0 Å². The SMILES string of the molecule is CCn1nccc1C(=O)N[C@H](c1cn2nc(C[C@H]3C[C@@H](C(F)(F)F)CNC3=O)c(C3CCOC3)nc2n1)[C@H]1CCCC(F)(F)C1. The lowest BCUT2D eigenvalue weighted by Gasteiger charge is -2.34. The summed E-state index contributed by atoms with van der Waals surface area (Å²) < 4.78 is 78.2. The number of aromatic nitrogens is 6. The van der Waals surface area contributed by atoms with Crippen LogP contribution in [0.3, 0.4) is 0 Å². The summed E-state index contributed by atoms with van der Waals surface area (Å²) in [7, 11) is 0. The average Bonchev–Trinajstić information content (AvgIpc) is 3.76. The van der Waals surface area contributed by atoms with E-state index >= 15 is 0 Å². The Morgan fingerprint density at radius 2 is 2.09 bits per heavy atom. The van der Waals surface area contributed by atoms with Gasteiger partial charge in [0.15, 0.2) is 0 Å². The number of carbonyl (C=O) groups excluding carboxylic acids is 2. The van der Waals surface area contributed by atoms with Crippen LogP contribution in [0.2, 0.25) is 0 Å². The zero-order valence-corrected chi connectivity index (χ0v) is 24.7. The summed E-state index contributed by atoms with van der Waals surface area (Å²) in [6.07, 6.45) is -1.25. The van der Waals surface area contributed by atoms with Gasteiger partial charge >= 0.3 is 6.18 Å². The Hall–Kier alpha value is -3.69. The van der Waals surface area contributed by atoms with Crippen molar-refractivity contribution in [1.29, 1.82) is 0 Å². The van der Waals surface area contributed by atoms with Crippen molar-refractivity contribution in [2.75, 3.05) is 19.8 Å². The van der Waals surface area contributed by atoms with E-state index in [1.54, 1.807) is 6.07 Å². The summed E-state index contributed by atoms with van der Waals surface area (Å²) in [5, 5.41) is 14.1. The Balaban J connectivity index is 1.36. The van der Waals surface area contributed by atoms with Gasteiger partial charge in [-0.3, -0.25) is 14.3 Å². The van der Waals surface area contributed by atoms with E-state index in [1.165, 1.54) is 21.6 Å². The Bertz CT molecular complexity index is 1550. The highest BCUT2D eigenvalue weighted by Gasteiger charge is 2.45. The molecule has 11 nitrogen and oxygen atoms in total. The van der Waals surface area contributed by atoms with E-state index in [2.05, 4.69) is 25.8 Å². The van der Waals surface area contributed by atoms with Crippen molar-refractivity contribution in [3.8, 4) is 0 Å². The molecule has 3 fully saturated rings. The molecule has 244 valence electrons. The van der Waals surface area contributed by atoms with Crippen molar-refractivity contribution in [2.24, 2.45) is 17.8 Å². The summed E-state index contributed by atoms with van der Waals surface area (Å²) in [5.41, 5.74) is 1.39. The van der Waals surface area contributed by atoms with Gasteiger partial charge in [0.2, 0.25) is 11.8 Å². The topological polar surface area (TPSA) is 128 Å². The standard InChI is InChI=1S/C29H35F5N8O3/c1-2-41-22(5-8-36-41)26(44)38-23(16-4-3-7-28(30,31)12-16)21-14-42-27(37-21)39-24(17-6-9-45-15-17)20(40-42)11-18-10-19(29(32,33)34)13-35-25(18)43/h5,8,14,16-19,23H,2-4,6-7,9-13,15H2,1H3,(H,35,43)(H,38,44)/t16-,17?,18+,19+,23-/m0/s1. The number of ether oxygens (including phenoxy) is 1. The van der Waals surface area contributed by atoms with Crippen LogP contribution in [0.25, 0.3) is 5.78 Å². The van der Waals surface area contributed by atoms with Gasteiger partial charge in [-0.2, -0.15) is 23.4 Å². The molecule has 1 unspecified atom stereocenters. The van der Waals surface area contributed by atoms with Crippen LogP contribution in [0.15, 0.2) is 18.5 Å². The van der Waals surface area contributed by atoms with E-state index in [0.717, 1.165) is 0 Å². The molecular formula is C29H35F5N8O3. The van der Waals surface area contributed by atoms with Crippen LogP contribution >= 0.6 is 0 Å². The first kappa shape index (κ1) is 31.3. The molecule has 45 heavy (non-hydrogen) atoms. The summed E-state index contributed by atoms with van der Waals surface area (Å²) in [4.78, 5) is 35.4. The van der Waals surface area contributed by atoms with Crippen molar-refractivity contribution in [3.63, 3.8) is 0 Å². The summed E-state index contributed by atoms with van der Waals surface area (Å²) in [6, 6.07) is 0.649. The lowest BCUT2D eigenvalue weighted by atomic mass is 9.80. The first-order valence-corrected chi connectivity index (χ1v) is 15.3. The van der Waals surface area contributed by atoms with Gasteiger partial charge in [-0.05, 0) is 44.6 Å². The fraction of sp³-hybridized carbons (Fsp3) is 0.655. The molecule has 0 aromatic carbocycles. The number of fused-ring (bicyclic) bond motifs is 1. The summed E-state index contributed by atoms with van der Waals surface area (Å²) >= 11 is 0. The second kappa shape index (κ2) is 12.2. The van der Waals surface area contributed by atoms with E-state index in [0.29, 0.717) is 44.0 Å². The molecule has 3 aliphatic rings. The number of alkyl halides is 5. The molecule has 0 bridgehead atoms. The van der Waals surface area contributed by atoms with Crippen LogP contribution in [-0.2, 0) is 22.5 Å². The van der Waals surface area contributed by atoms with Gasteiger partial charge in [-0.25, -0.2) is 23.3 Å². The van der Waals surface area contributed by atoms with Crippen LogP contribution < -0.4 is 10.6 Å². The maximum Gasteiger partial charge on any atom is 0.393 e.